The maximum Gasteiger partial charge on any atom is 0.298 e. The van der Waals surface area contributed by atoms with Crippen LogP contribution in [0, 0.1) is 10.1 Å². The molecule has 2 aromatic rings. The zero-order valence-corrected chi connectivity index (χ0v) is 16.1. The third-order valence-corrected chi connectivity index (χ3v) is 5.23. The molecule has 1 heterocycles. The molecule has 0 aromatic heterocycles. The van der Waals surface area contributed by atoms with Gasteiger partial charge in [-0.2, -0.15) is 0 Å². The van der Waals surface area contributed by atoms with Gasteiger partial charge < -0.3 is 9.64 Å². The summed E-state index contributed by atoms with van der Waals surface area (Å²) in [5.41, 5.74) is 6.17. The second-order valence-electron chi connectivity index (χ2n) is 7.01. The van der Waals surface area contributed by atoms with E-state index in [1.54, 1.807) is 35.2 Å². The molecular weight excluding hydrogens is 394 g/mol. The number of rotatable bonds is 4. The van der Waals surface area contributed by atoms with Gasteiger partial charge in [0.05, 0.1) is 24.7 Å². The Kier molecular flexibility index (Phi) is 4.86. The topological polar surface area (TPSA) is 98.7 Å². The van der Waals surface area contributed by atoms with Crippen LogP contribution in [0.25, 0.3) is 0 Å². The van der Waals surface area contributed by atoms with Gasteiger partial charge in [0.25, 0.3) is 11.6 Å². The summed E-state index contributed by atoms with van der Waals surface area (Å²) in [5, 5.41) is 12.0. The molecule has 29 heavy (non-hydrogen) atoms. The molecule has 0 spiro atoms. The first-order valence-corrected chi connectivity index (χ1v) is 9.39. The van der Waals surface area contributed by atoms with Crippen molar-refractivity contribution in [1.29, 1.82) is 0 Å². The monoisotopic (exact) mass is 411 g/mol. The normalized spacial score (nSPS) is 23.6. The van der Waals surface area contributed by atoms with Gasteiger partial charge in [0, 0.05) is 15.5 Å². The number of fused-ring (bicyclic) bond motifs is 1. The summed E-state index contributed by atoms with van der Waals surface area (Å²) >= 11 is 5.96. The Balaban J connectivity index is 1.75. The number of ether oxygens (including phenoxy) is 1. The molecule has 1 aliphatic heterocycles. The van der Waals surface area contributed by atoms with Crippen molar-refractivity contribution in [3.8, 4) is 0 Å². The minimum absolute atomic E-state index is 0.0353. The molecule has 1 amide bonds. The summed E-state index contributed by atoms with van der Waals surface area (Å²) in [4.78, 5) is 25.8. The molecule has 148 valence electrons. The second-order valence-corrected chi connectivity index (χ2v) is 7.45. The molecule has 4 rings (SSSR count). The average molecular weight is 412 g/mol. The van der Waals surface area contributed by atoms with Crippen molar-refractivity contribution in [2.75, 3.05) is 0 Å². The fourth-order valence-electron chi connectivity index (χ4n) is 3.40. The SMILES string of the molecule is NC1([N+](=O)[O-])C=C2OC(c3ccc(Cl)cc3)C(=O)N(Cc3ccccc3)C2=CC1. The minimum Gasteiger partial charge on any atom is -0.474 e. The predicted octanol–water partition coefficient (Wildman–Crippen LogP) is 3.54. The van der Waals surface area contributed by atoms with Crippen LogP contribution in [0.1, 0.15) is 23.7 Å². The van der Waals surface area contributed by atoms with Crippen molar-refractivity contribution in [2.45, 2.75) is 24.7 Å². The van der Waals surface area contributed by atoms with Gasteiger partial charge in [-0.15, -0.1) is 0 Å². The van der Waals surface area contributed by atoms with Crippen LogP contribution in [0.2, 0.25) is 5.02 Å². The number of morpholine rings is 1. The Morgan fingerprint density at radius 3 is 2.55 bits per heavy atom. The van der Waals surface area contributed by atoms with Gasteiger partial charge in [0.15, 0.2) is 0 Å². The Bertz CT molecular complexity index is 1020. The van der Waals surface area contributed by atoms with Gasteiger partial charge in [-0.3, -0.25) is 20.6 Å². The highest BCUT2D eigenvalue weighted by Crippen LogP contribution is 2.39. The second kappa shape index (κ2) is 7.35. The van der Waals surface area contributed by atoms with E-state index >= 15 is 0 Å². The molecule has 1 aliphatic carbocycles. The van der Waals surface area contributed by atoms with Gasteiger partial charge in [-0.05, 0) is 23.8 Å². The first kappa shape index (κ1) is 19.2. The summed E-state index contributed by atoms with van der Waals surface area (Å²) < 4.78 is 5.92. The molecule has 2 atom stereocenters. The largest absolute Gasteiger partial charge is 0.474 e. The predicted molar refractivity (Wildman–Crippen MR) is 107 cm³/mol. The lowest BCUT2D eigenvalue weighted by Crippen LogP contribution is -2.50. The van der Waals surface area contributed by atoms with E-state index in [1.165, 1.54) is 6.08 Å². The number of nitro groups is 1. The summed E-state index contributed by atoms with van der Waals surface area (Å²) in [6.45, 7) is 0.312. The summed E-state index contributed by atoms with van der Waals surface area (Å²) in [5.74, 6) is -0.0314. The molecule has 8 heteroatoms. The van der Waals surface area contributed by atoms with E-state index in [4.69, 9.17) is 22.1 Å². The summed E-state index contributed by atoms with van der Waals surface area (Å²) in [6, 6.07) is 16.2. The Morgan fingerprint density at radius 2 is 1.90 bits per heavy atom. The fourth-order valence-corrected chi connectivity index (χ4v) is 3.53. The molecular formula is C21H18ClN3O4. The lowest BCUT2D eigenvalue weighted by atomic mass is 9.96. The van der Waals surface area contributed by atoms with Crippen LogP contribution in [0.4, 0.5) is 0 Å². The van der Waals surface area contributed by atoms with Gasteiger partial charge in [0.1, 0.15) is 5.76 Å². The number of nitrogens with zero attached hydrogens (tertiary/aromatic N) is 2. The standard InChI is InChI=1S/C21H18ClN3O4/c22-16-8-6-15(7-9-16)19-20(26)24(13-14-4-2-1-3-5-14)17-10-11-21(23,25(27)28)12-18(17)29-19/h1-10,12,19H,11,13,23H2. The summed E-state index contributed by atoms with van der Waals surface area (Å²) in [7, 11) is 0. The van der Waals surface area contributed by atoms with E-state index in [1.807, 2.05) is 30.3 Å². The highest BCUT2D eigenvalue weighted by molar-refractivity contribution is 6.30. The van der Waals surface area contributed by atoms with Crippen molar-refractivity contribution in [3.05, 3.63) is 104 Å². The molecule has 2 unspecified atom stereocenters. The van der Waals surface area contributed by atoms with Crippen molar-refractivity contribution < 1.29 is 14.5 Å². The number of carbonyl (C=O) groups is 1. The number of amides is 1. The van der Waals surface area contributed by atoms with Crippen LogP contribution in [0.5, 0.6) is 0 Å². The number of hydrogen-bond donors (Lipinski definition) is 1. The molecule has 0 radical (unpaired) electrons. The van der Waals surface area contributed by atoms with Gasteiger partial charge in [0.2, 0.25) is 6.10 Å². The number of hydrogen-bond acceptors (Lipinski definition) is 5. The quantitative estimate of drug-likeness (QED) is 0.471. The molecule has 0 saturated carbocycles. The van der Waals surface area contributed by atoms with Crippen LogP contribution < -0.4 is 5.73 Å². The maximum absolute atomic E-state index is 13.3. The molecule has 2 aliphatic rings. The molecule has 1 fully saturated rings. The van der Waals surface area contributed by atoms with Gasteiger partial charge in [-0.1, -0.05) is 54.1 Å². The maximum atomic E-state index is 13.3. The van der Waals surface area contributed by atoms with E-state index in [2.05, 4.69) is 0 Å². The third kappa shape index (κ3) is 3.62. The van der Waals surface area contributed by atoms with Crippen molar-refractivity contribution in [3.63, 3.8) is 0 Å². The molecule has 1 saturated heterocycles. The molecule has 0 bridgehead atoms. The Morgan fingerprint density at radius 1 is 1.21 bits per heavy atom. The average Bonchev–Trinajstić information content (AvgIpc) is 2.71. The van der Waals surface area contributed by atoms with Crippen LogP contribution in [0.3, 0.4) is 0 Å². The lowest BCUT2D eigenvalue weighted by molar-refractivity contribution is -0.553. The van der Waals surface area contributed by atoms with E-state index in [0.29, 0.717) is 22.8 Å². The molecule has 7 nitrogen and oxygen atoms in total. The highest BCUT2D eigenvalue weighted by Gasteiger charge is 2.45. The number of benzene rings is 2. The first-order valence-electron chi connectivity index (χ1n) is 9.01. The van der Waals surface area contributed by atoms with Crippen LogP contribution in [0.15, 0.2) is 78.2 Å². The van der Waals surface area contributed by atoms with Gasteiger partial charge >= 0.3 is 0 Å². The van der Waals surface area contributed by atoms with Crippen LogP contribution in [-0.4, -0.2) is 21.4 Å². The Labute approximate surface area is 172 Å². The van der Waals surface area contributed by atoms with E-state index in [0.717, 1.165) is 5.56 Å². The van der Waals surface area contributed by atoms with E-state index in [-0.39, 0.29) is 18.1 Å². The third-order valence-electron chi connectivity index (χ3n) is 4.98. The Hall–Kier alpha value is -3.16. The minimum atomic E-state index is -1.78. The van der Waals surface area contributed by atoms with E-state index < -0.39 is 16.7 Å². The zero-order chi connectivity index (χ0) is 20.6. The molecule has 2 N–H and O–H groups in total. The fraction of sp³-hybridized carbons (Fsp3) is 0.190. The van der Waals surface area contributed by atoms with Crippen molar-refractivity contribution in [2.24, 2.45) is 5.73 Å². The zero-order valence-electron chi connectivity index (χ0n) is 15.3. The van der Waals surface area contributed by atoms with E-state index in [9.17, 15) is 14.9 Å². The van der Waals surface area contributed by atoms with Crippen molar-refractivity contribution >= 4 is 17.5 Å². The van der Waals surface area contributed by atoms with Crippen LogP contribution in [-0.2, 0) is 16.1 Å². The number of carbonyl (C=O) groups excluding carboxylic acids is 1. The first-order chi connectivity index (χ1) is 13.9. The van der Waals surface area contributed by atoms with Gasteiger partial charge in [-0.25, -0.2) is 0 Å². The summed E-state index contributed by atoms with van der Waals surface area (Å²) in [6.07, 6.45) is 1.90. The van der Waals surface area contributed by atoms with Crippen LogP contribution >= 0.6 is 11.6 Å². The number of nitrogens with two attached hydrogens (primary N) is 1. The van der Waals surface area contributed by atoms with Crippen molar-refractivity contribution in [1.82, 2.24) is 4.90 Å². The molecule has 2 aromatic carbocycles. The number of halogens is 1. The highest BCUT2D eigenvalue weighted by atomic mass is 35.5. The lowest BCUT2D eigenvalue weighted by Gasteiger charge is -2.39. The smallest absolute Gasteiger partial charge is 0.298 e.